The fraction of sp³-hybridized carbons (Fsp3) is 0.333. The van der Waals surface area contributed by atoms with E-state index in [-0.39, 0.29) is 0 Å². The Hall–Kier alpha value is -1.70. The van der Waals surface area contributed by atoms with Gasteiger partial charge in [0.2, 0.25) is 0 Å². The van der Waals surface area contributed by atoms with E-state index in [0.717, 1.165) is 20.9 Å². The summed E-state index contributed by atoms with van der Waals surface area (Å²) in [5.41, 5.74) is 1.92. The van der Waals surface area contributed by atoms with Gasteiger partial charge < -0.3 is 14.6 Å². The molecule has 2 heterocycles. The number of carbonyl (C=O) groups is 2. The van der Waals surface area contributed by atoms with Crippen LogP contribution >= 0.6 is 22.7 Å². The molecule has 2 aromatic rings. The third-order valence-corrected chi connectivity index (χ3v) is 6.04. The number of hydrogen-bond acceptors (Lipinski definition) is 7. The van der Waals surface area contributed by atoms with E-state index < -0.39 is 18.0 Å². The summed E-state index contributed by atoms with van der Waals surface area (Å²) in [4.78, 5) is 25.8. The number of rotatable bonds is 2. The van der Waals surface area contributed by atoms with Crippen molar-refractivity contribution in [1.29, 1.82) is 0 Å². The molecule has 0 bridgehead atoms. The summed E-state index contributed by atoms with van der Waals surface area (Å²) in [7, 11) is 2.67. The van der Waals surface area contributed by atoms with Gasteiger partial charge in [-0.3, -0.25) is 0 Å². The van der Waals surface area contributed by atoms with Crippen LogP contribution in [0.25, 0.3) is 0 Å². The van der Waals surface area contributed by atoms with Crippen LogP contribution in [0.4, 0.5) is 0 Å². The van der Waals surface area contributed by atoms with E-state index in [2.05, 4.69) is 0 Å². The first kappa shape index (κ1) is 15.2. The summed E-state index contributed by atoms with van der Waals surface area (Å²) in [5, 5.41) is 10.6. The minimum atomic E-state index is -0.820. The molecule has 1 aliphatic rings. The molecular formula is C15H14O5S2. The zero-order chi connectivity index (χ0) is 15.9. The molecule has 0 unspecified atom stereocenters. The second-order valence-corrected chi connectivity index (χ2v) is 7.05. The van der Waals surface area contributed by atoms with Crippen molar-refractivity contribution < 1.29 is 24.2 Å². The number of aryl methyl sites for hydroxylation is 2. The second kappa shape index (κ2) is 5.83. The lowest BCUT2D eigenvalue weighted by molar-refractivity contribution is 0.0597. The topological polar surface area (TPSA) is 72.8 Å². The minimum absolute atomic E-state index is 0.396. The first-order valence-corrected chi connectivity index (χ1v) is 8.28. The van der Waals surface area contributed by atoms with Gasteiger partial charge in [-0.05, 0) is 36.1 Å². The number of carbonyl (C=O) groups excluding carboxylic acids is 2. The Balaban J connectivity index is 2.01. The number of hydrogen-bond donors (Lipinski definition) is 1. The second-order valence-electron chi connectivity index (χ2n) is 4.89. The van der Waals surface area contributed by atoms with Crippen LogP contribution in [0, 0.1) is 0 Å². The first-order chi connectivity index (χ1) is 10.5. The number of ether oxygens (including phenoxy) is 2. The molecule has 0 fully saturated rings. The van der Waals surface area contributed by atoms with E-state index in [1.807, 2.05) is 0 Å². The Kier molecular flexibility index (Phi) is 4.03. The predicted molar refractivity (Wildman–Crippen MR) is 82.8 cm³/mol. The molecule has 0 atom stereocenters. The van der Waals surface area contributed by atoms with Crippen molar-refractivity contribution in [3.8, 4) is 0 Å². The van der Waals surface area contributed by atoms with E-state index in [4.69, 9.17) is 9.47 Å². The molecule has 0 saturated heterocycles. The van der Waals surface area contributed by atoms with Gasteiger partial charge in [0.25, 0.3) is 0 Å². The highest BCUT2D eigenvalue weighted by atomic mass is 32.1. The van der Waals surface area contributed by atoms with Gasteiger partial charge in [0.05, 0.1) is 14.2 Å². The SMILES string of the molecule is COC(=O)c1cc2c(s1)C(O)c1sc(C(=O)OC)cc1CC2. The van der Waals surface area contributed by atoms with Crippen molar-refractivity contribution in [3.63, 3.8) is 0 Å². The zero-order valence-electron chi connectivity index (χ0n) is 12.0. The molecule has 0 spiro atoms. The molecule has 2 aromatic heterocycles. The van der Waals surface area contributed by atoms with Crippen LogP contribution in [0.1, 0.15) is 46.3 Å². The summed E-state index contributed by atoms with van der Waals surface area (Å²) in [6, 6.07) is 3.57. The van der Waals surface area contributed by atoms with Crippen LogP contribution in [-0.2, 0) is 22.3 Å². The highest BCUT2D eigenvalue weighted by molar-refractivity contribution is 7.15. The van der Waals surface area contributed by atoms with Gasteiger partial charge in [-0.25, -0.2) is 9.59 Å². The number of esters is 2. The standard InChI is InChI=1S/C15H14O5S2/c1-19-14(17)9-5-7-3-4-8-6-10(15(18)20-2)22-13(8)11(16)12(7)21-9/h5-6,11,16H,3-4H2,1-2H3. The van der Waals surface area contributed by atoms with Gasteiger partial charge in [0.1, 0.15) is 15.9 Å². The number of aliphatic hydroxyl groups is 1. The van der Waals surface area contributed by atoms with Crippen LogP contribution in [0.5, 0.6) is 0 Å². The quantitative estimate of drug-likeness (QED) is 0.852. The molecule has 116 valence electrons. The summed E-state index contributed by atoms with van der Waals surface area (Å²) >= 11 is 2.48. The third kappa shape index (κ3) is 2.45. The highest BCUT2D eigenvalue weighted by Gasteiger charge is 2.29. The smallest absolute Gasteiger partial charge is 0.348 e. The lowest BCUT2D eigenvalue weighted by Crippen LogP contribution is -1.98. The fourth-order valence-electron chi connectivity index (χ4n) is 2.53. The number of fused-ring (bicyclic) bond motifs is 2. The number of methoxy groups -OCH3 is 2. The summed E-state index contributed by atoms with van der Waals surface area (Å²) < 4.78 is 9.46. The van der Waals surface area contributed by atoms with Crippen LogP contribution in [0.3, 0.4) is 0 Å². The van der Waals surface area contributed by atoms with Crippen molar-refractivity contribution in [3.05, 3.63) is 42.8 Å². The van der Waals surface area contributed by atoms with Gasteiger partial charge in [-0.1, -0.05) is 0 Å². The monoisotopic (exact) mass is 338 g/mol. The molecule has 5 nitrogen and oxygen atoms in total. The Labute approximate surface area is 135 Å². The van der Waals surface area contributed by atoms with Crippen molar-refractivity contribution in [2.45, 2.75) is 18.9 Å². The summed E-state index contributed by atoms with van der Waals surface area (Å²) in [6.45, 7) is 0. The molecular weight excluding hydrogens is 324 g/mol. The van der Waals surface area contributed by atoms with Gasteiger partial charge in [0.15, 0.2) is 0 Å². The average Bonchev–Trinajstić information content (AvgIpc) is 3.12. The molecule has 0 amide bonds. The van der Waals surface area contributed by atoms with Crippen molar-refractivity contribution in [2.75, 3.05) is 14.2 Å². The van der Waals surface area contributed by atoms with Gasteiger partial charge in [-0.15, -0.1) is 22.7 Å². The predicted octanol–water partition coefficient (Wildman–Crippen LogP) is 2.56. The molecule has 7 heteroatoms. The Bertz CT molecular complexity index is 681. The van der Waals surface area contributed by atoms with E-state index >= 15 is 0 Å². The normalized spacial score (nSPS) is 14.0. The fourth-order valence-corrected chi connectivity index (χ4v) is 4.86. The Morgan fingerprint density at radius 1 is 1.00 bits per heavy atom. The summed E-state index contributed by atoms with van der Waals surface area (Å²) in [6.07, 6.45) is 0.605. The van der Waals surface area contributed by atoms with Crippen LogP contribution in [-0.4, -0.2) is 31.3 Å². The maximum Gasteiger partial charge on any atom is 0.348 e. The number of aliphatic hydroxyl groups excluding tert-OH is 1. The lowest BCUT2D eigenvalue weighted by Gasteiger charge is -2.07. The molecule has 1 aliphatic carbocycles. The zero-order valence-corrected chi connectivity index (χ0v) is 13.7. The Morgan fingerprint density at radius 2 is 1.41 bits per heavy atom. The van der Waals surface area contributed by atoms with E-state index in [1.165, 1.54) is 36.9 Å². The average molecular weight is 338 g/mol. The Morgan fingerprint density at radius 3 is 1.77 bits per heavy atom. The number of thiophene rings is 2. The molecule has 3 rings (SSSR count). The maximum atomic E-state index is 11.6. The van der Waals surface area contributed by atoms with Gasteiger partial charge >= 0.3 is 11.9 Å². The van der Waals surface area contributed by atoms with Crippen LogP contribution in [0.15, 0.2) is 12.1 Å². The molecule has 0 saturated carbocycles. The van der Waals surface area contributed by atoms with Gasteiger partial charge in [0, 0.05) is 9.75 Å². The maximum absolute atomic E-state index is 11.6. The van der Waals surface area contributed by atoms with E-state index in [1.54, 1.807) is 12.1 Å². The van der Waals surface area contributed by atoms with Crippen LogP contribution < -0.4 is 0 Å². The lowest BCUT2D eigenvalue weighted by atomic mass is 10.1. The van der Waals surface area contributed by atoms with Crippen molar-refractivity contribution in [1.82, 2.24) is 0 Å². The first-order valence-electron chi connectivity index (χ1n) is 6.65. The summed E-state index contributed by atoms with van der Waals surface area (Å²) in [5.74, 6) is -0.793. The van der Waals surface area contributed by atoms with Crippen LogP contribution in [0.2, 0.25) is 0 Å². The van der Waals surface area contributed by atoms with E-state index in [9.17, 15) is 14.7 Å². The molecule has 0 aromatic carbocycles. The molecule has 1 N–H and O–H groups in total. The molecule has 22 heavy (non-hydrogen) atoms. The van der Waals surface area contributed by atoms with Crippen molar-refractivity contribution in [2.24, 2.45) is 0 Å². The van der Waals surface area contributed by atoms with Gasteiger partial charge in [-0.2, -0.15) is 0 Å². The largest absolute Gasteiger partial charge is 0.465 e. The molecule has 0 radical (unpaired) electrons. The third-order valence-electron chi connectivity index (χ3n) is 3.62. The van der Waals surface area contributed by atoms with Crippen molar-refractivity contribution >= 4 is 34.6 Å². The highest BCUT2D eigenvalue weighted by Crippen LogP contribution is 2.41. The minimum Gasteiger partial charge on any atom is -0.465 e. The molecule has 0 aliphatic heterocycles. The van der Waals surface area contributed by atoms with E-state index in [0.29, 0.717) is 22.6 Å².